The highest BCUT2D eigenvalue weighted by Gasteiger charge is 2.39. The van der Waals surface area contributed by atoms with Gasteiger partial charge in [-0.1, -0.05) is 12.1 Å². The summed E-state index contributed by atoms with van der Waals surface area (Å²) in [5.74, 6) is -0.251. The molecule has 1 saturated heterocycles. The van der Waals surface area contributed by atoms with Crippen molar-refractivity contribution in [2.24, 2.45) is 5.73 Å². The molecule has 0 saturated carbocycles. The first-order chi connectivity index (χ1) is 8.18. The Balaban J connectivity index is 2.21. The van der Waals surface area contributed by atoms with E-state index in [-0.39, 0.29) is 11.9 Å². The minimum absolute atomic E-state index is 0.251. The van der Waals surface area contributed by atoms with Gasteiger partial charge >= 0.3 is 0 Å². The number of nitrogens with two attached hydrogens (primary N) is 1. The van der Waals surface area contributed by atoms with E-state index >= 15 is 0 Å². The molecule has 1 heterocycles. The Morgan fingerprint density at radius 3 is 2.41 bits per heavy atom. The van der Waals surface area contributed by atoms with Gasteiger partial charge < -0.3 is 15.2 Å². The molecule has 0 aliphatic carbocycles. The van der Waals surface area contributed by atoms with Gasteiger partial charge in [-0.25, -0.2) is 4.39 Å². The molecule has 1 unspecified atom stereocenters. The van der Waals surface area contributed by atoms with Crippen LogP contribution in [0.25, 0.3) is 0 Å². The Morgan fingerprint density at radius 2 is 1.88 bits per heavy atom. The summed E-state index contributed by atoms with van der Waals surface area (Å²) in [6.45, 7) is 1.31. The molecule has 0 bridgehead atoms. The topological polar surface area (TPSA) is 44.5 Å². The zero-order valence-electron chi connectivity index (χ0n) is 9.99. The molecule has 1 aliphatic rings. The van der Waals surface area contributed by atoms with Crippen LogP contribution in [-0.4, -0.2) is 25.9 Å². The summed E-state index contributed by atoms with van der Waals surface area (Å²) in [7, 11) is 1.68. The van der Waals surface area contributed by atoms with Gasteiger partial charge in [-0.05, 0) is 17.7 Å². The highest BCUT2D eigenvalue weighted by Crippen LogP contribution is 2.35. The number of methoxy groups -OCH3 is 1. The molecule has 0 spiro atoms. The summed E-state index contributed by atoms with van der Waals surface area (Å²) < 4.78 is 23.8. The van der Waals surface area contributed by atoms with Crippen molar-refractivity contribution in [1.82, 2.24) is 0 Å². The van der Waals surface area contributed by atoms with E-state index in [1.165, 1.54) is 12.1 Å². The molecule has 0 radical (unpaired) electrons. The molecule has 1 fully saturated rings. The lowest BCUT2D eigenvalue weighted by Crippen LogP contribution is -2.47. The maximum atomic E-state index is 12.9. The fraction of sp³-hybridized carbons (Fsp3) is 0.538. The molecule has 2 N–H and O–H groups in total. The fourth-order valence-corrected chi connectivity index (χ4v) is 2.33. The van der Waals surface area contributed by atoms with E-state index in [4.69, 9.17) is 15.2 Å². The normalized spacial score (nSPS) is 21.1. The van der Waals surface area contributed by atoms with E-state index < -0.39 is 5.60 Å². The number of hydrogen-bond acceptors (Lipinski definition) is 3. The largest absolute Gasteiger partial charge is 0.381 e. The Morgan fingerprint density at radius 1 is 1.29 bits per heavy atom. The molecule has 4 heteroatoms. The van der Waals surface area contributed by atoms with E-state index in [2.05, 4.69) is 0 Å². The van der Waals surface area contributed by atoms with Crippen LogP contribution in [0.3, 0.4) is 0 Å². The van der Waals surface area contributed by atoms with Crippen LogP contribution >= 0.6 is 0 Å². The van der Waals surface area contributed by atoms with Crippen LogP contribution in [0.2, 0.25) is 0 Å². The Hall–Kier alpha value is -0.970. The average molecular weight is 239 g/mol. The minimum Gasteiger partial charge on any atom is -0.381 e. The SMILES string of the molecule is COC1(C(N)c2ccc(F)cc2)CCOCC1. The Labute approximate surface area is 101 Å². The van der Waals surface area contributed by atoms with Crippen LogP contribution in [-0.2, 0) is 9.47 Å². The Kier molecular flexibility index (Phi) is 3.76. The third-order valence-corrected chi connectivity index (χ3v) is 3.54. The molecule has 94 valence electrons. The predicted molar refractivity (Wildman–Crippen MR) is 63.1 cm³/mol. The molecule has 1 aromatic carbocycles. The van der Waals surface area contributed by atoms with Gasteiger partial charge in [-0.2, -0.15) is 0 Å². The second-order valence-corrected chi connectivity index (χ2v) is 4.41. The monoisotopic (exact) mass is 239 g/mol. The Bertz CT molecular complexity index is 360. The van der Waals surface area contributed by atoms with Crippen LogP contribution in [0.4, 0.5) is 4.39 Å². The van der Waals surface area contributed by atoms with Crippen molar-refractivity contribution in [3.05, 3.63) is 35.6 Å². The molecule has 1 aliphatic heterocycles. The predicted octanol–water partition coefficient (Wildman–Crippen LogP) is 2.02. The van der Waals surface area contributed by atoms with Crippen LogP contribution in [0.1, 0.15) is 24.4 Å². The fourth-order valence-electron chi connectivity index (χ4n) is 2.33. The van der Waals surface area contributed by atoms with E-state index in [0.29, 0.717) is 13.2 Å². The standard InChI is InChI=1S/C13H18FNO2/c1-16-13(6-8-17-9-7-13)12(15)10-2-4-11(14)5-3-10/h2-5,12H,6-9,15H2,1H3. The summed E-state index contributed by atoms with van der Waals surface area (Å²) in [4.78, 5) is 0. The van der Waals surface area contributed by atoms with Gasteiger partial charge in [0.1, 0.15) is 5.82 Å². The molecule has 1 aromatic rings. The maximum Gasteiger partial charge on any atom is 0.123 e. The molecule has 0 aromatic heterocycles. The van der Waals surface area contributed by atoms with Crippen molar-refractivity contribution in [1.29, 1.82) is 0 Å². The summed E-state index contributed by atoms with van der Waals surface area (Å²) in [5, 5.41) is 0. The van der Waals surface area contributed by atoms with Crippen molar-refractivity contribution in [3.8, 4) is 0 Å². The van der Waals surface area contributed by atoms with Crippen LogP contribution < -0.4 is 5.73 Å². The highest BCUT2D eigenvalue weighted by molar-refractivity contribution is 5.23. The second-order valence-electron chi connectivity index (χ2n) is 4.41. The number of ether oxygens (including phenoxy) is 2. The third-order valence-electron chi connectivity index (χ3n) is 3.54. The van der Waals surface area contributed by atoms with Crippen molar-refractivity contribution < 1.29 is 13.9 Å². The van der Waals surface area contributed by atoms with Crippen molar-refractivity contribution in [2.45, 2.75) is 24.5 Å². The van der Waals surface area contributed by atoms with Gasteiger partial charge in [0.25, 0.3) is 0 Å². The van der Waals surface area contributed by atoms with E-state index in [1.807, 2.05) is 0 Å². The van der Waals surface area contributed by atoms with Crippen LogP contribution in [0, 0.1) is 5.82 Å². The van der Waals surface area contributed by atoms with Crippen molar-refractivity contribution in [2.75, 3.05) is 20.3 Å². The maximum absolute atomic E-state index is 12.9. The summed E-state index contributed by atoms with van der Waals surface area (Å²) in [6, 6.07) is 6.04. The van der Waals surface area contributed by atoms with Gasteiger partial charge in [0.05, 0.1) is 11.6 Å². The zero-order chi connectivity index (χ0) is 12.3. The summed E-state index contributed by atoms with van der Waals surface area (Å²) in [5.41, 5.74) is 6.77. The first-order valence-corrected chi connectivity index (χ1v) is 5.82. The third kappa shape index (κ3) is 2.49. The van der Waals surface area contributed by atoms with Gasteiger partial charge in [-0.3, -0.25) is 0 Å². The smallest absolute Gasteiger partial charge is 0.123 e. The van der Waals surface area contributed by atoms with Gasteiger partial charge in [0.15, 0.2) is 0 Å². The van der Waals surface area contributed by atoms with Crippen LogP contribution in [0.5, 0.6) is 0 Å². The second kappa shape index (κ2) is 5.12. The summed E-state index contributed by atoms with van der Waals surface area (Å²) >= 11 is 0. The lowest BCUT2D eigenvalue weighted by Gasteiger charge is -2.40. The number of rotatable bonds is 3. The van der Waals surface area contributed by atoms with Gasteiger partial charge in [-0.15, -0.1) is 0 Å². The highest BCUT2D eigenvalue weighted by atomic mass is 19.1. The quantitative estimate of drug-likeness (QED) is 0.877. The number of halogens is 1. The van der Waals surface area contributed by atoms with E-state index in [9.17, 15) is 4.39 Å². The number of hydrogen-bond donors (Lipinski definition) is 1. The summed E-state index contributed by atoms with van der Waals surface area (Å²) in [6.07, 6.45) is 1.53. The van der Waals surface area contributed by atoms with Crippen molar-refractivity contribution >= 4 is 0 Å². The van der Waals surface area contributed by atoms with Gasteiger partial charge in [0, 0.05) is 33.2 Å². The van der Waals surface area contributed by atoms with Crippen LogP contribution in [0.15, 0.2) is 24.3 Å². The van der Waals surface area contributed by atoms with E-state index in [0.717, 1.165) is 18.4 Å². The van der Waals surface area contributed by atoms with Crippen molar-refractivity contribution in [3.63, 3.8) is 0 Å². The zero-order valence-corrected chi connectivity index (χ0v) is 9.99. The molecule has 17 heavy (non-hydrogen) atoms. The first kappa shape index (κ1) is 12.5. The first-order valence-electron chi connectivity index (χ1n) is 5.82. The lowest BCUT2D eigenvalue weighted by atomic mass is 9.82. The van der Waals surface area contributed by atoms with Gasteiger partial charge in [0.2, 0.25) is 0 Å². The average Bonchev–Trinajstić information content (AvgIpc) is 2.39. The lowest BCUT2D eigenvalue weighted by molar-refractivity contribution is -0.105. The molecular weight excluding hydrogens is 221 g/mol. The molecule has 3 nitrogen and oxygen atoms in total. The number of benzene rings is 1. The molecule has 2 rings (SSSR count). The molecule has 1 atom stereocenters. The molecule has 0 amide bonds. The molecular formula is C13H18FNO2. The van der Waals surface area contributed by atoms with E-state index in [1.54, 1.807) is 19.2 Å². The minimum atomic E-state index is -0.393.